The van der Waals surface area contributed by atoms with Gasteiger partial charge in [-0.3, -0.25) is 4.90 Å². The van der Waals surface area contributed by atoms with Crippen LogP contribution in [-0.2, 0) is 4.74 Å². The van der Waals surface area contributed by atoms with Gasteiger partial charge in [0, 0.05) is 25.2 Å². The van der Waals surface area contributed by atoms with Crippen LogP contribution in [0.25, 0.3) is 10.9 Å². The Kier molecular flexibility index (Phi) is 4.83. The largest absolute Gasteiger partial charge is 0.461 e. The third-order valence-electron chi connectivity index (χ3n) is 8.87. The highest BCUT2D eigenvalue weighted by Crippen LogP contribution is 2.66. The van der Waals surface area contributed by atoms with Crippen LogP contribution in [0.5, 0.6) is 6.01 Å². The van der Waals surface area contributed by atoms with Gasteiger partial charge in [-0.15, -0.1) is 0 Å². The maximum Gasteiger partial charge on any atom is 0.319 e. The summed E-state index contributed by atoms with van der Waals surface area (Å²) in [6.45, 7) is 2.92. The molecule has 2 aliphatic carbocycles. The number of ether oxygens (including phenoxy) is 2. The normalized spacial score (nSPS) is 34.3. The van der Waals surface area contributed by atoms with Crippen LogP contribution in [0.3, 0.4) is 0 Å². The average molecular weight is 508 g/mol. The summed E-state index contributed by atoms with van der Waals surface area (Å²) in [6, 6.07) is -0.394. The minimum absolute atomic E-state index is 0.00106. The molecule has 2 saturated carbocycles. The van der Waals surface area contributed by atoms with E-state index in [2.05, 4.69) is 19.9 Å². The quantitative estimate of drug-likeness (QED) is 0.582. The topological polar surface area (TPSA) is 63.6 Å². The first-order valence-electron chi connectivity index (χ1n) is 12.1. The molecule has 7 rings (SSSR count). The Hall–Kier alpha value is -2.17. The average Bonchev–Trinajstić information content (AvgIpc) is 3.73. The first-order chi connectivity index (χ1) is 17.0. The number of hydrogen-bond donors (Lipinski definition) is 0. The maximum atomic E-state index is 15.1. The Balaban J connectivity index is 1.28. The van der Waals surface area contributed by atoms with Gasteiger partial charge in [-0.05, 0) is 43.2 Å². The molecule has 5 aliphatic rings. The summed E-state index contributed by atoms with van der Waals surface area (Å²) in [6.07, 6.45) is 4.92. The second-order valence-corrected chi connectivity index (χ2v) is 10.9. The Morgan fingerprint density at radius 1 is 1.26 bits per heavy atom. The predicted molar refractivity (Wildman–Crippen MR) is 123 cm³/mol. The standard InChI is InChI=1S/C24H25ClF3N5O2/c25-20-17(28)18-14(9-29-20)21(33-5-6-34-11-15-16(27)19(15)33)31-22(30-18)35-12-24-7-13(8-26)10-32(24)4-3-23(24)1-2-23/h8-9,15-16,19H,1-7,10-12H2/b13-8-/t15-,16-,19-,24-/m0/s1. The number of anilines is 1. The molecule has 5 fully saturated rings. The summed E-state index contributed by atoms with van der Waals surface area (Å²) in [4.78, 5) is 17.1. The van der Waals surface area contributed by atoms with Gasteiger partial charge in [-0.1, -0.05) is 11.6 Å². The van der Waals surface area contributed by atoms with E-state index in [0.29, 0.717) is 50.3 Å². The number of aromatic nitrogens is 3. The summed E-state index contributed by atoms with van der Waals surface area (Å²) < 4.78 is 54.9. The Morgan fingerprint density at radius 3 is 2.91 bits per heavy atom. The zero-order chi connectivity index (χ0) is 23.9. The molecule has 3 saturated heterocycles. The van der Waals surface area contributed by atoms with Crippen molar-refractivity contribution in [1.29, 1.82) is 0 Å². The fraction of sp³-hybridized carbons (Fsp3) is 0.625. The van der Waals surface area contributed by atoms with Crippen LogP contribution in [0.4, 0.5) is 19.0 Å². The van der Waals surface area contributed by atoms with Crippen molar-refractivity contribution < 1.29 is 22.6 Å². The molecule has 0 radical (unpaired) electrons. The number of alkyl halides is 1. The second kappa shape index (κ2) is 7.66. The van der Waals surface area contributed by atoms with E-state index in [9.17, 15) is 8.78 Å². The number of nitrogens with zero attached hydrogens (tertiary/aromatic N) is 5. The molecule has 0 unspecified atom stereocenters. The van der Waals surface area contributed by atoms with Crippen LogP contribution in [-0.4, -0.2) is 77.1 Å². The van der Waals surface area contributed by atoms with Crippen molar-refractivity contribution in [3.63, 3.8) is 0 Å². The Bertz CT molecular complexity index is 1240. The minimum Gasteiger partial charge on any atom is -0.461 e. The third kappa shape index (κ3) is 3.15. The van der Waals surface area contributed by atoms with Crippen LogP contribution in [0, 0.1) is 17.2 Å². The molecule has 11 heteroatoms. The van der Waals surface area contributed by atoms with Gasteiger partial charge in [-0.25, -0.2) is 18.2 Å². The summed E-state index contributed by atoms with van der Waals surface area (Å²) >= 11 is 5.97. The number of halogens is 4. The van der Waals surface area contributed by atoms with E-state index in [1.54, 1.807) is 0 Å². The van der Waals surface area contributed by atoms with E-state index < -0.39 is 18.0 Å². The molecule has 5 heterocycles. The molecule has 1 spiro atoms. The van der Waals surface area contributed by atoms with Crippen molar-refractivity contribution in [3.8, 4) is 6.01 Å². The molecule has 186 valence electrons. The molecule has 7 nitrogen and oxygen atoms in total. The van der Waals surface area contributed by atoms with Crippen molar-refractivity contribution in [2.45, 2.75) is 43.4 Å². The van der Waals surface area contributed by atoms with Crippen LogP contribution in [0.1, 0.15) is 25.7 Å². The summed E-state index contributed by atoms with van der Waals surface area (Å²) in [5.41, 5.74) is 0.544. The molecule has 0 amide bonds. The van der Waals surface area contributed by atoms with Crippen LogP contribution in [0.2, 0.25) is 5.15 Å². The van der Waals surface area contributed by atoms with Gasteiger partial charge in [0.15, 0.2) is 11.0 Å². The monoisotopic (exact) mass is 507 g/mol. The fourth-order valence-electron chi connectivity index (χ4n) is 6.73. The van der Waals surface area contributed by atoms with E-state index >= 15 is 4.39 Å². The zero-order valence-corrected chi connectivity index (χ0v) is 19.8. The lowest BCUT2D eigenvalue weighted by molar-refractivity contribution is 0.0649. The van der Waals surface area contributed by atoms with Gasteiger partial charge in [0.2, 0.25) is 0 Å². The van der Waals surface area contributed by atoms with Crippen molar-refractivity contribution in [2.24, 2.45) is 11.3 Å². The van der Waals surface area contributed by atoms with Gasteiger partial charge in [0.25, 0.3) is 0 Å². The lowest BCUT2D eigenvalue weighted by Crippen LogP contribution is -2.49. The van der Waals surface area contributed by atoms with Gasteiger partial charge < -0.3 is 14.4 Å². The molecular weight excluding hydrogens is 483 g/mol. The Morgan fingerprint density at radius 2 is 2.11 bits per heavy atom. The maximum absolute atomic E-state index is 15.1. The van der Waals surface area contributed by atoms with Crippen LogP contribution >= 0.6 is 11.6 Å². The third-order valence-corrected chi connectivity index (χ3v) is 9.13. The van der Waals surface area contributed by atoms with E-state index in [0.717, 1.165) is 31.4 Å². The first-order valence-corrected chi connectivity index (χ1v) is 12.5. The lowest BCUT2D eigenvalue weighted by Gasteiger charge is -2.36. The zero-order valence-electron chi connectivity index (χ0n) is 19.0. The molecule has 3 aliphatic heterocycles. The second-order valence-electron chi connectivity index (χ2n) is 10.5. The predicted octanol–water partition coefficient (Wildman–Crippen LogP) is 3.85. The van der Waals surface area contributed by atoms with Gasteiger partial charge in [0.1, 0.15) is 24.1 Å². The molecule has 2 aromatic heterocycles. The highest BCUT2D eigenvalue weighted by atomic mass is 35.5. The highest BCUT2D eigenvalue weighted by Gasteiger charge is 2.67. The van der Waals surface area contributed by atoms with E-state index in [1.807, 2.05) is 4.90 Å². The number of fused-ring (bicyclic) bond motifs is 4. The summed E-state index contributed by atoms with van der Waals surface area (Å²) in [7, 11) is 0. The number of pyridine rings is 1. The van der Waals surface area contributed by atoms with Crippen molar-refractivity contribution in [1.82, 2.24) is 19.9 Å². The SMILES string of the molecule is F/C=C1\CN2CCC3(CC3)[C@@]2(COc2nc(N3CCOC[C@H]4[C@H](F)[C@H]43)c3cnc(Cl)c(F)c3n2)C1. The summed E-state index contributed by atoms with van der Waals surface area (Å²) in [5.74, 6) is -0.649. The van der Waals surface area contributed by atoms with Crippen molar-refractivity contribution in [2.75, 3.05) is 44.4 Å². The van der Waals surface area contributed by atoms with Gasteiger partial charge in [0.05, 0.1) is 36.5 Å². The Labute approximate surface area is 205 Å². The van der Waals surface area contributed by atoms with Crippen LogP contribution in [0.15, 0.2) is 18.1 Å². The molecule has 4 atom stereocenters. The van der Waals surface area contributed by atoms with Crippen molar-refractivity contribution in [3.05, 3.63) is 29.1 Å². The lowest BCUT2D eigenvalue weighted by atomic mass is 9.80. The molecular formula is C24H25ClF3N5O2. The molecule has 0 bridgehead atoms. The minimum atomic E-state index is -1.04. The molecule has 0 N–H and O–H groups in total. The smallest absolute Gasteiger partial charge is 0.319 e. The van der Waals surface area contributed by atoms with E-state index in [-0.39, 0.29) is 40.2 Å². The molecule has 0 aromatic carbocycles. The van der Waals surface area contributed by atoms with Gasteiger partial charge >= 0.3 is 6.01 Å². The molecule has 2 aromatic rings. The first kappa shape index (κ1) is 22.1. The number of rotatable bonds is 4. The van der Waals surface area contributed by atoms with Crippen LogP contribution < -0.4 is 9.64 Å². The highest BCUT2D eigenvalue weighted by molar-refractivity contribution is 6.30. The summed E-state index contributed by atoms with van der Waals surface area (Å²) in [5, 5.41) is 0.0489. The molecule has 35 heavy (non-hydrogen) atoms. The van der Waals surface area contributed by atoms with E-state index in [1.165, 1.54) is 6.20 Å². The van der Waals surface area contributed by atoms with Gasteiger partial charge in [-0.2, -0.15) is 9.97 Å². The number of hydrogen-bond acceptors (Lipinski definition) is 7. The van der Waals surface area contributed by atoms with E-state index in [4.69, 9.17) is 21.1 Å². The fourth-order valence-corrected chi connectivity index (χ4v) is 6.86. The van der Waals surface area contributed by atoms with Crippen molar-refractivity contribution >= 4 is 28.3 Å².